The summed E-state index contributed by atoms with van der Waals surface area (Å²) in [5.74, 6) is 0.721. The first-order valence-corrected chi connectivity index (χ1v) is 4.85. The van der Waals surface area contributed by atoms with Gasteiger partial charge in [0.2, 0.25) is 0 Å². The second-order valence-electron chi connectivity index (χ2n) is 3.83. The van der Waals surface area contributed by atoms with Crippen molar-refractivity contribution in [3.63, 3.8) is 0 Å². The van der Waals surface area contributed by atoms with Gasteiger partial charge in [-0.2, -0.15) is 5.10 Å². The molecule has 0 aromatic heterocycles. The summed E-state index contributed by atoms with van der Waals surface area (Å²) in [6.45, 7) is 4.21. The molecule has 0 saturated heterocycles. The van der Waals surface area contributed by atoms with Gasteiger partial charge in [0.1, 0.15) is 5.84 Å². The summed E-state index contributed by atoms with van der Waals surface area (Å²) < 4.78 is 0. The lowest BCUT2D eigenvalue weighted by atomic mass is 10.2. The van der Waals surface area contributed by atoms with Crippen LogP contribution in [0.15, 0.2) is 29.4 Å². The minimum atomic E-state index is 0.372. The molecule has 3 heteroatoms. The number of hydrogen-bond donors (Lipinski definition) is 1. The van der Waals surface area contributed by atoms with Crippen LogP contribution in [0.3, 0.4) is 0 Å². The van der Waals surface area contributed by atoms with Crippen molar-refractivity contribution in [2.45, 2.75) is 26.3 Å². The smallest absolute Gasteiger partial charge is 0.122 e. The van der Waals surface area contributed by atoms with E-state index in [1.165, 1.54) is 5.56 Å². The fourth-order valence-electron chi connectivity index (χ4n) is 1.75. The molecule has 1 aliphatic rings. The van der Waals surface area contributed by atoms with Crippen molar-refractivity contribution in [2.24, 2.45) is 10.8 Å². The Kier molecular flexibility index (Phi) is 2.15. The van der Waals surface area contributed by atoms with Crippen molar-refractivity contribution in [1.29, 1.82) is 0 Å². The number of benzene rings is 1. The second-order valence-corrected chi connectivity index (χ2v) is 3.83. The molecule has 74 valence electrons. The van der Waals surface area contributed by atoms with Gasteiger partial charge in [-0.15, -0.1) is 0 Å². The van der Waals surface area contributed by atoms with Crippen LogP contribution in [0.5, 0.6) is 0 Å². The number of hydrazone groups is 1. The van der Waals surface area contributed by atoms with E-state index in [0.29, 0.717) is 6.04 Å². The predicted octanol–water partition coefficient (Wildman–Crippen LogP) is 1.87. The van der Waals surface area contributed by atoms with Gasteiger partial charge in [-0.3, -0.25) is 5.01 Å². The van der Waals surface area contributed by atoms with Crippen molar-refractivity contribution in [3.05, 3.63) is 29.8 Å². The van der Waals surface area contributed by atoms with E-state index >= 15 is 0 Å². The zero-order chi connectivity index (χ0) is 10.1. The molecule has 1 heterocycles. The predicted molar refractivity (Wildman–Crippen MR) is 59.4 cm³/mol. The number of nitrogens with two attached hydrogens (primary N) is 1. The second kappa shape index (κ2) is 3.33. The van der Waals surface area contributed by atoms with Crippen molar-refractivity contribution in [1.82, 2.24) is 0 Å². The number of hydrogen-bond acceptors (Lipinski definition) is 3. The molecular weight excluding hydrogens is 174 g/mol. The van der Waals surface area contributed by atoms with Crippen LogP contribution in [-0.4, -0.2) is 11.9 Å². The van der Waals surface area contributed by atoms with Crippen LogP contribution in [0.1, 0.15) is 18.9 Å². The average Bonchev–Trinajstić information content (AvgIpc) is 2.45. The summed E-state index contributed by atoms with van der Waals surface area (Å²) in [6.07, 6.45) is 0.855. The van der Waals surface area contributed by atoms with Gasteiger partial charge in [0.25, 0.3) is 0 Å². The topological polar surface area (TPSA) is 41.6 Å². The number of rotatable bonds is 1. The Labute approximate surface area is 84.2 Å². The van der Waals surface area contributed by atoms with Crippen molar-refractivity contribution >= 4 is 11.5 Å². The minimum absolute atomic E-state index is 0.372. The maximum Gasteiger partial charge on any atom is 0.122 e. The number of nitrogens with zero attached hydrogens (tertiary/aromatic N) is 2. The van der Waals surface area contributed by atoms with E-state index in [0.717, 1.165) is 17.9 Å². The van der Waals surface area contributed by atoms with Gasteiger partial charge in [-0.25, -0.2) is 0 Å². The monoisotopic (exact) mass is 189 g/mol. The molecule has 0 bridgehead atoms. The van der Waals surface area contributed by atoms with Gasteiger partial charge in [0, 0.05) is 6.42 Å². The first kappa shape index (κ1) is 9.06. The molecular formula is C11H15N3. The van der Waals surface area contributed by atoms with Crippen molar-refractivity contribution in [2.75, 3.05) is 5.01 Å². The van der Waals surface area contributed by atoms with Crippen LogP contribution in [-0.2, 0) is 0 Å². The van der Waals surface area contributed by atoms with Crippen LogP contribution in [0.4, 0.5) is 5.69 Å². The van der Waals surface area contributed by atoms with Gasteiger partial charge in [0.05, 0.1) is 11.7 Å². The van der Waals surface area contributed by atoms with Gasteiger partial charge in [-0.1, -0.05) is 12.1 Å². The van der Waals surface area contributed by atoms with E-state index in [1.807, 2.05) is 11.1 Å². The molecule has 1 aromatic rings. The normalized spacial score (nSPS) is 21.1. The highest BCUT2D eigenvalue weighted by Crippen LogP contribution is 2.23. The zero-order valence-electron chi connectivity index (χ0n) is 8.57. The Bertz CT molecular complexity index is 371. The first-order chi connectivity index (χ1) is 6.66. The Morgan fingerprint density at radius 1 is 1.50 bits per heavy atom. The summed E-state index contributed by atoms with van der Waals surface area (Å²) in [4.78, 5) is 0. The highest BCUT2D eigenvalue weighted by molar-refractivity contribution is 5.84. The lowest BCUT2D eigenvalue weighted by molar-refractivity contribution is 0.723. The van der Waals surface area contributed by atoms with E-state index in [9.17, 15) is 0 Å². The van der Waals surface area contributed by atoms with Crippen LogP contribution in [0.25, 0.3) is 0 Å². The first-order valence-electron chi connectivity index (χ1n) is 4.85. The number of anilines is 1. The van der Waals surface area contributed by atoms with Gasteiger partial charge >= 0.3 is 0 Å². The molecule has 0 radical (unpaired) electrons. The molecule has 1 aliphatic heterocycles. The van der Waals surface area contributed by atoms with Gasteiger partial charge in [0.15, 0.2) is 0 Å². The quantitative estimate of drug-likeness (QED) is 0.732. The molecule has 1 unspecified atom stereocenters. The maximum absolute atomic E-state index is 5.70. The van der Waals surface area contributed by atoms with E-state index in [1.54, 1.807) is 0 Å². The number of amidine groups is 1. The third-order valence-electron chi connectivity index (χ3n) is 2.42. The van der Waals surface area contributed by atoms with E-state index < -0.39 is 0 Å². The summed E-state index contributed by atoms with van der Waals surface area (Å²) in [5, 5.41) is 6.30. The minimum Gasteiger partial charge on any atom is -0.386 e. The molecule has 3 nitrogen and oxygen atoms in total. The fraction of sp³-hybridized carbons (Fsp3) is 0.364. The lowest BCUT2D eigenvalue weighted by Gasteiger charge is -2.19. The largest absolute Gasteiger partial charge is 0.386 e. The van der Waals surface area contributed by atoms with Crippen molar-refractivity contribution < 1.29 is 0 Å². The molecule has 0 spiro atoms. The Balaban J connectivity index is 2.31. The Morgan fingerprint density at radius 3 is 2.86 bits per heavy atom. The average molecular weight is 189 g/mol. The Hall–Kier alpha value is -1.51. The molecule has 14 heavy (non-hydrogen) atoms. The summed E-state index contributed by atoms with van der Waals surface area (Å²) in [7, 11) is 0. The third kappa shape index (κ3) is 1.58. The van der Waals surface area contributed by atoms with Crippen LogP contribution < -0.4 is 10.7 Å². The van der Waals surface area contributed by atoms with Gasteiger partial charge in [-0.05, 0) is 31.5 Å². The van der Waals surface area contributed by atoms with Crippen LogP contribution >= 0.6 is 0 Å². The SMILES string of the molecule is Cc1cccc(N2N=C(N)CC2C)c1. The van der Waals surface area contributed by atoms with E-state index in [-0.39, 0.29) is 0 Å². The van der Waals surface area contributed by atoms with E-state index in [2.05, 4.69) is 37.1 Å². The highest BCUT2D eigenvalue weighted by Gasteiger charge is 2.21. The zero-order valence-corrected chi connectivity index (χ0v) is 8.57. The molecule has 2 N–H and O–H groups in total. The summed E-state index contributed by atoms with van der Waals surface area (Å²) in [6, 6.07) is 8.68. The van der Waals surface area contributed by atoms with Crippen LogP contribution in [0.2, 0.25) is 0 Å². The lowest BCUT2D eigenvalue weighted by Crippen LogP contribution is -2.22. The Morgan fingerprint density at radius 2 is 2.29 bits per heavy atom. The third-order valence-corrected chi connectivity index (χ3v) is 2.42. The van der Waals surface area contributed by atoms with Crippen LogP contribution in [0, 0.1) is 6.92 Å². The van der Waals surface area contributed by atoms with Gasteiger partial charge < -0.3 is 5.73 Å². The summed E-state index contributed by atoms with van der Waals surface area (Å²) >= 11 is 0. The molecule has 0 saturated carbocycles. The van der Waals surface area contributed by atoms with Crippen molar-refractivity contribution in [3.8, 4) is 0 Å². The molecule has 1 aromatic carbocycles. The maximum atomic E-state index is 5.70. The summed E-state index contributed by atoms with van der Waals surface area (Å²) in [5.41, 5.74) is 8.07. The highest BCUT2D eigenvalue weighted by atomic mass is 15.5. The molecule has 2 rings (SSSR count). The molecule has 0 fully saturated rings. The molecule has 0 aliphatic carbocycles. The van der Waals surface area contributed by atoms with E-state index in [4.69, 9.17) is 5.73 Å². The molecule has 0 amide bonds. The standard InChI is InChI=1S/C11H15N3/c1-8-4-3-5-10(6-8)14-9(2)7-11(12)13-14/h3-6,9H,7H2,1-2H3,(H2,12,13). The number of aryl methyl sites for hydroxylation is 1. The molecule has 1 atom stereocenters. The fourth-order valence-corrected chi connectivity index (χ4v) is 1.75.